The lowest BCUT2D eigenvalue weighted by atomic mass is 9.84. The van der Waals surface area contributed by atoms with Crippen LogP contribution in [0.4, 0.5) is 13.6 Å². The molecule has 254 valence electrons. The van der Waals surface area contributed by atoms with E-state index in [1.54, 1.807) is 4.90 Å². The number of benzene rings is 1. The van der Waals surface area contributed by atoms with Gasteiger partial charge in [-0.05, 0) is 51.5 Å². The van der Waals surface area contributed by atoms with Crippen LogP contribution in [0.1, 0.15) is 98.7 Å². The van der Waals surface area contributed by atoms with Crippen LogP contribution in [0.15, 0.2) is 34.3 Å². The number of oxime groups is 1. The minimum absolute atomic E-state index is 0.0000819. The number of aromatic nitrogens is 1. The summed E-state index contributed by atoms with van der Waals surface area (Å²) in [4.78, 5) is 61.2. The first kappa shape index (κ1) is 33.9. The van der Waals surface area contributed by atoms with E-state index in [2.05, 4.69) is 24.3 Å². The van der Waals surface area contributed by atoms with Crippen molar-refractivity contribution >= 4 is 23.7 Å². The third-order valence-corrected chi connectivity index (χ3v) is 8.90. The summed E-state index contributed by atoms with van der Waals surface area (Å²) in [5.74, 6) is -2.99. The van der Waals surface area contributed by atoms with Crippen molar-refractivity contribution < 1.29 is 42.2 Å². The number of amides is 2. The Morgan fingerprint density at radius 2 is 1.98 bits per heavy atom. The number of hydrogen-bond acceptors (Lipinski definition) is 9. The van der Waals surface area contributed by atoms with Gasteiger partial charge in [-0.1, -0.05) is 31.5 Å². The molecule has 1 aromatic heterocycles. The molecule has 1 aromatic carbocycles. The topological polar surface area (TPSA) is 138 Å². The molecule has 4 heterocycles. The number of nitrogens with zero attached hydrogens (tertiary/aromatic N) is 3. The van der Waals surface area contributed by atoms with E-state index in [1.807, 2.05) is 13.8 Å². The smallest absolute Gasteiger partial charge is 0.451 e. The molecule has 0 aliphatic carbocycles. The van der Waals surface area contributed by atoms with Gasteiger partial charge in [0.25, 0.3) is 11.8 Å². The zero-order valence-corrected chi connectivity index (χ0v) is 27.0. The van der Waals surface area contributed by atoms with E-state index in [1.165, 1.54) is 16.8 Å². The predicted octanol–water partition coefficient (Wildman–Crippen LogP) is 5.09. The summed E-state index contributed by atoms with van der Waals surface area (Å²) in [6.45, 7) is 7.20. The number of nitrogens with one attached hydrogen (secondary N) is 1. The molecular formula is C33H40F2N4O8. The second kappa shape index (κ2) is 14.1. The van der Waals surface area contributed by atoms with Gasteiger partial charge < -0.3 is 33.8 Å². The Balaban J connectivity index is 1.45. The summed E-state index contributed by atoms with van der Waals surface area (Å²) in [5.41, 5.74) is -1.57. The van der Waals surface area contributed by atoms with Crippen molar-refractivity contribution in [2.75, 3.05) is 19.9 Å². The van der Waals surface area contributed by atoms with Gasteiger partial charge >= 0.3 is 6.16 Å². The van der Waals surface area contributed by atoms with Gasteiger partial charge in [-0.3, -0.25) is 14.4 Å². The Kier molecular flexibility index (Phi) is 10.2. The first-order valence-corrected chi connectivity index (χ1v) is 15.9. The Morgan fingerprint density at radius 3 is 2.68 bits per heavy atom. The normalized spacial score (nSPS) is 21.6. The largest absolute Gasteiger partial charge is 0.511 e. The number of hydrogen-bond donors (Lipinski definition) is 1. The molecule has 3 atom stereocenters. The van der Waals surface area contributed by atoms with Crippen molar-refractivity contribution in [1.82, 2.24) is 14.8 Å². The Bertz CT molecular complexity index is 1630. The van der Waals surface area contributed by atoms with Crippen LogP contribution < -0.4 is 15.5 Å². The lowest BCUT2D eigenvalue weighted by molar-refractivity contribution is -0.0658. The van der Waals surface area contributed by atoms with Crippen molar-refractivity contribution in [2.45, 2.75) is 90.4 Å². The van der Waals surface area contributed by atoms with E-state index in [0.29, 0.717) is 37.7 Å². The van der Waals surface area contributed by atoms with Gasteiger partial charge in [-0.2, -0.15) is 0 Å². The summed E-state index contributed by atoms with van der Waals surface area (Å²) in [6.07, 6.45) is 4.39. The SMILES string of the molecule is CC1=NO[C@@]2(CC[C@H](C)N3C[C@H]2n2cc(C(=O)NCc4ccc(F)cc4F)c(=O)c(OCOC(=O)OCCCCC(C)C)c2C3=O)C1. The van der Waals surface area contributed by atoms with Crippen LogP contribution in [0.25, 0.3) is 0 Å². The van der Waals surface area contributed by atoms with Crippen LogP contribution in [0.3, 0.4) is 0 Å². The lowest BCUT2D eigenvalue weighted by Gasteiger charge is -2.42. The summed E-state index contributed by atoms with van der Waals surface area (Å²) in [6, 6.07) is 2.15. The molecular weight excluding hydrogens is 618 g/mol. The maximum Gasteiger partial charge on any atom is 0.511 e. The molecule has 2 aromatic rings. The molecule has 5 rings (SSSR count). The predicted molar refractivity (Wildman–Crippen MR) is 165 cm³/mol. The molecule has 0 radical (unpaired) electrons. The van der Waals surface area contributed by atoms with Gasteiger partial charge in [0.2, 0.25) is 18.0 Å². The molecule has 1 fully saturated rings. The van der Waals surface area contributed by atoms with E-state index in [-0.39, 0.29) is 37.0 Å². The third kappa shape index (κ3) is 7.25. The van der Waals surface area contributed by atoms with E-state index < -0.39 is 64.8 Å². The first-order valence-electron chi connectivity index (χ1n) is 15.9. The van der Waals surface area contributed by atoms with Gasteiger partial charge in [0.05, 0.1) is 18.4 Å². The molecule has 14 heteroatoms. The zero-order chi connectivity index (χ0) is 33.9. The monoisotopic (exact) mass is 658 g/mol. The summed E-state index contributed by atoms with van der Waals surface area (Å²) >= 11 is 0. The summed E-state index contributed by atoms with van der Waals surface area (Å²) < 4.78 is 45.0. The number of pyridine rings is 1. The van der Waals surface area contributed by atoms with E-state index in [9.17, 15) is 28.0 Å². The molecule has 3 aliphatic heterocycles. The van der Waals surface area contributed by atoms with Crippen LogP contribution in [0, 0.1) is 17.6 Å². The quantitative estimate of drug-likeness (QED) is 0.200. The van der Waals surface area contributed by atoms with Gasteiger partial charge in [0, 0.05) is 43.4 Å². The number of rotatable bonds is 11. The van der Waals surface area contributed by atoms with Crippen LogP contribution in [0.2, 0.25) is 0 Å². The number of unbranched alkanes of at least 4 members (excludes halogenated alkanes) is 1. The number of fused-ring (bicyclic) bond motifs is 5. The van der Waals surface area contributed by atoms with Gasteiger partial charge in [0.1, 0.15) is 17.2 Å². The fraction of sp³-hybridized carbons (Fsp3) is 0.545. The van der Waals surface area contributed by atoms with E-state index >= 15 is 0 Å². The minimum Gasteiger partial charge on any atom is -0.451 e. The second-order valence-corrected chi connectivity index (χ2v) is 12.8. The number of carbonyl (C=O) groups excluding carboxylic acids is 3. The van der Waals surface area contributed by atoms with E-state index in [4.69, 9.17) is 19.0 Å². The van der Waals surface area contributed by atoms with Crippen LogP contribution in [0.5, 0.6) is 5.75 Å². The average molecular weight is 659 g/mol. The van der Waals surface area contributed by atoms with Gasteiger partial charge in [-0.25, -0.2) is 13.6 Å². The standard InChI is InChI=1S/C33H40F2N4O8/c1-19(2)7-5-6-12-44-32(43)46-18-45-29-27-31(42)38-17-26(33(11-10-21(38)4)14-20(3)37-47-33)39(27)16-24(28(29)40)30(41)36-15-22-8-9-23(34)13-25(22)35/h8-9,13,16,19,21,26H,5-7,10-12,14-15,17-18H2,1-4H3,(H,36,41)/t21-,26+,33-/m0/s1. The molecule has 0 saturated carbocycles. The maximum atomic E-state index is 14.3. The zero-order valence-electron chi connectivity index (χ0n) is 27.0. The number of ether oxygens (including phenoxy) is 3. The molecule has 1 saturated heterocycles. The Hall–Kier alpha value is -4.49. The average Bonchev–Trinajstić information content (AvgIpc) is 3.35. The Labute approximate surface area is 271 Å². The van der Waals surface area contributed by atoms with Crippen molar-refractivity contribution in [1.29, 1.82) is 0 Å². The molecule has 1 N–H and O–H groups in total. The van der Waals surface area contributed by atoms with Crippen molar-refractivity contribution in [2.24, 2.45) is 11.1 Å². The fourth-order valence-electron chi connectivity index (χ4n) is 6.33. The molecule has 2 amide bonds. The highest BCUT2D eigenvalue weighted by atomic mass is 19.1. The second-order valence-electron chi connectivity index (χ2n) is 12.8. The molecule has 2 bridgehead atoms. The maximum absolute atomic E-state index is 14.3. The summed E-state index contributed by atoms with van der Waals surface area (Å²) in [5, 5.41) is 6.70. The highest BCUT2D eigenvalue weighted by Crippen LogP contribution is 2.46. The Morgan fingerprint density at radius 1 is 1.19 bits per heavy atom. The highest BCUT2D eigenvalue weighted by molar-refractivity contribution is 5.99. The van der Waals surface area contributed by atoms with Crippen LogP contribution in [-0.2, 0) is 20.9 Å². The fourth-order valence-corrected chi connectivity index (χ4v) is 6.33. The van der Waals surface area contributed by atoms with Gasteiger partial charge in [-0.15, -0.1) is 0 Å². The minimum atomic E-state index is -1.01. The molecule has 47 heavy (non-hydrogen) atoms. The molecule has 1 spiro atoms. The lowest BCUT2D eigenvalue weighted by Crippen LogP contribution is -2.52. The van der Waals surface area contributed by atoms with Crippen LogP contribution in [-0.4, -0.2) is 64.7 Å². The highest BCUT2D eigenvalue weighted by Gasteiger charge is 2.54. The first-order chi connectivity index (χ1) is 22.4. The number of carbonyl (C=O) groups is 3. The number of halogens is 2. The van der Waals surface area contributed by atoms with Crippen molar-refractivity contribution in [3.05, 3.63) is 63.1 Å². The third-order valence-electron chi connectivity index (χ3n) is 8.90. The summed E-state index contributed by atoms with van der Waals surface area (Å²) in [7, 11) is 0. The van der Waals surface area contributed by atoms with Gasteiger partial charge in [0.15, 0.2) is 11.3 Å². The molecule has 3 aliphatic rings. The van der Waals surface area contributed by atoms with Crippen LogP contribution >= 0.6 is 0 Å². The van der Waals surface area contributed by atoms with Crippen molar-refractivity contribution in [3.63, 3.8) is 0 Å². The van der Waals surface area contributed by atoms with Crippen molar-refractivity contribution in [3.8, 4) is 5.75 Å². The molecule has 12 nitrogen and oxygen atoms in total. The molecule has 0 unspecified atom stereocenters. The van der Waals surface area contributed by atoms with E-state index in [0.717, 1.165) is 24.6 Å².